The predicted molar refractivity (Wildman–Crippen MR) is 61.2 cm³/mol. The number of nitrogens with one attached hydrogen (secondary N) is 1. The van der Waals surface area contributed by atoms with E-state index in [-0.39, 0.29) is 18.6 Å². The highest BCUT2D eigenvalue weighted by Gasteiger charge is 2.14. The van der Waals surface area contributed by atoms with Crippen molar-refractivity contribution in [1.29, 1.82) is 0 Å². The summed E-state index contributed by atoms with van der Waals surface area (Å²) in [6, 6.07) is 1.76. The zero-order chi connectivity index (χ0) is 12.1. The van der Waals surface area contributed by atoms with Gasteiger partial charge in [-0.15, -0.1) is 0 Å². The lowest BCUT2D eigenvalue weighted by Crippen LogP contribution is -2.34. The maximum absolute atomic E-state index is 11.8. The highest BCUT2D eigenvalue weighted by molar-refractivity contribution is 5.92. The van der Waals surface area contributed by atoms with Crippen LogP contribution in [0.4, 0.5) is 0 Å². The van der Waals surface area contributed by atoms with E-state index < -0.39 is 0 Å². The summed E-state index contributed by atoms with van der Waals surface area (Å²) in [7, 11) is 1.75. The van der Waals surface area contributed by atoms with Crippen molar-refractivity contribution in [2.45, 2.75) is 32.7 Å². The van der Waals surface area contributed by atoms with Crippen LogP contribution in [0.1, 0.15) is 36.5 Å². The second kappa shape index (κ2) is 5.65. The van der Waals surface area contributed by atoms with Gasteiger partial charge in [-0.2, -0.15) is 5.10 Å². The number of aliphatic hydroxyl groups is 1. The molecule has 0 spiro atoms. The Morgan fingerprint density at radius 1 is 1.69 bits per heavy atom. The summed E-state index contributed by atoms with van der Waals surface area (Å²) in [4.78, 5) is 11.8. The van der Waals surface area contributed by atoms with E-state index in [1.54, 1.807) is 17.8 Å². The van der Waals surface area contributed by atoms with Crippen molar-refractivity contribution >= 4 is 5.91 Å². The highest BCUT2D eigenvalue weighted by Crippen LogP contribution is 2.04. The number of nitrogens with zero attached hydrogens (tertiary/aromatic N) is 2. The molecule has 0 radical (unpaired) electrons. The number of aryl methyl sites for hydroxylation is 2. The molecule has 1 rings (SSSR count). The van der Waals surface area contributed by atoms with Gasteiger partial charge in [0, 0.05) is 19.7 Å². The number of carbonyl (C=O) groups is 1. The van der Waals surface area contributed by atoms with Gasteiger partial charge in [0.2, 0.25) is 0 Å². The molecule has 90 valence electrons. The lowest BCUT2D eigenvalue weighted by molar-refractivity contribution is 0.0925. The SMILES string of the molecule is CCc1cc(C(=O)NC(C)CCO)n(C)n1. The molecule has 5 heteroatoms. The van der Waals surface area contributed by atoms with Crippen LogP contribution < -0.4 is 5.32 Å². The van der Waals surface area contributed by atoms with Crippen LogP contribution in [0.25, 0.3) is 0 Å². The molecule has 1 unspecified atom stereocenters. The Labute approximate surface area is 95.5 Å². The number of rotatable bonds is 5. The second-order valence-electron chi connectivity index (χ2n) is 3.88. The number of aliphatic hydroxyl groups excluding tert-OH is 1. The lowest BCUT2D eigenvalue weighted by atomic mass is 10.2. The van der Waals surface area contributed by atoms with Crippen LogP contribution in [-0.4, -0.2) is 33.4 Å². The second-order valence-corrected chi connectivity index (χ2v) is 3.88. The molecule has 5 nitrogen and oxygen atoms in total. The van der Waals surface area contributed by atoms with Gasteiger partial charge in [0.15, 0.2) is 0 Å². The Morgan fingerprint density at radius 2 is 2.38 bits per heavy atom. The minimum Gasteiger partial charge on any atom is -0.396 e. The van der Waals surface area contributed by atoms with E-state index in [1.807, 2.05) is 13.8 Å². The molecular formula is C11H19N3O2. The number of aromatic nitrogens is 2. The van der Waals surface area contributed by atoms with Gasteiger partial charge in [0.25, 0.3) is 5.91 Å². The maximum Gasteiger partial charge on any atom is 0.269 e. The van der Waals surface area contributed by atoms with Crippen LogP contribution in [-0.2, 0) is 13.5 Å². The Balaban J connectivity index is 2.68. The molecule has 0 aromatic carbocycles. The van der Waals surface area contributed by atoms with Crippen LogP contribution in [0, 0.1) is 0 Å². The van der Waals surface area contributed by atoms with Crippen LogP contribution in [0.5, 0.6) is 0 Å². The molecule has 0 saturated heterocycles. The summed E-state index contributed by atoms with van der Waals surface area (Å²) in [5.74, 6) is -0.143. The van der Waals surface area contributed by atoms with Crippen LogP contribution >= 0.6 is 0 Å². The summed E-state index contributed by atoms with van der Waals surface area (Å²) in [6.45, 7) is 3.94. The third kappa shape index (κ3) is 3.06. The van der Waals surface area contributed by atoms with Gasteiger partial charge in [0.1, 0.15) is 5.69 Å². The summed E-state index contributed by atoms with van der Waals surface area (Å²) in [5.41, 5.74) is 1.46. The molecule has 1 aromatic heterocycles. The molecule has 2 N–H and O–H groups in total. The fourth-order valence-corrected chi connectivity index (χ4v) is 1.48. The number of hydrogen-bond acceptors (Lipinski definition) is 3. The molecule has 1 heterocycles. The minimum absolute atomic E-state index is 0.0301. The van der Waals surface area contributed by atoms with Crippen molar-refractivity contribution in [2.75, 3.05) is 6.61 Å². The summed E-state index contributed by atoms with van der Waals surface area (Å²) < 4.78 is 1.58. The van der Waals surface area contributed by atoms with Gasteiger partial charge in [-0.25, -0.2) is 0 Å². The van der Waals surface area contributed by atoms with Crippen molar-refractivity contribution in [3.05, 3.63) is 17.5 Å². The van der Waals surface area contributed by atoms with E-state index in [9.17, 15) is 4.79 Å². The summed E-state index contributed by atoms with van der Waals surface area (Å²) in [5, 5.41) is 15.8. The van der Waals surface area contributed by atoms with Crippen molar-refractivity contribution in [3.63, 3.8) is 0 Å². The van der Waals surface area contributed by atoms with Crippen molar-refractivity contribution in [3.8, 4) is 0 Å². The summed E-state index contributed by atoms with van der Waals surface area (Å²) in [6.07, 6.45) is 1.37. The first-order chi connectivity index (χ1) is 7.58. The Kier molecular flexibility index (Phi) is 4.49. The molecule has 0 saturated carbocycles. The normalized spacial score (nSPS) is 12.5. The fourth-order valence-electron chi connectivity index (χ4n) is 1.48. The third-order valence-corrected chi connectivity index (χ3v) is 2.46. The minimum atomic E-state index is -0.143. The van der Waals surface area contributed by atoms with E-state index in [4.69, 9.17) is 5.11 Å². The molecule has 0 fully saturated rings. The molecule has 0 aliphatic carbocycles. The third-order valence-electron chi connectivity index (χ3n) is 2.46. The Hall–Kier alpha value is -1.36. The molecule has 16 heavy (non-hydrogen) atoms. The number of carbonyl (C=O) groups excluding carboxylic acids is 1. The van der Waals surface area contributed by atoms with Crippen molar-refractivity contribution < 1.29 is 9.90 Å². The van der Waals surface area contributed by atoms with Gasteiger partial charge in [-0.1, -0.05) is 6.92 Å². The fraction of sp³-hybridized carbons (Fsp3) is 0.636. The van der Waals surface area contributed by atoms with Crippen LogP contribution in [0.15, 0.2) is 6.07 Å². The monoisotopic (exact) mass is 225 g/mol. The van der Waals surface area contributed by atoms with E-state index >= 15 is 0 Å². The van der Waals surface area contributed by atoms with Crippen LogP contribution in [0.3, 0.4) is 0 Å². The summed E-state index contributed by atoms with van der Waals surface area (Å²) >= 11 is 0. The first-order valence-corrected chi connectivity index (χ1v) is 5.53. The molecule has 0 aliphatic heterocycles. The smallest absolute Gasteiger partial charge is 0.269 e. The Morgan fingerprint density at radius 3 is 2.88 bits per heavy atom. The van der Waals surface area contributed by atoms with E-state index in [2.05, 4.69) is 10.4 Å². The lowest BCUT2D eigenvalue weighted by Gasteiger charge is -2.11. The van der Waals surface area contributed by atoms with E-state index in [0.717, 1.165) is 12.1 Å². The van der Waals surface area contributed by atoms with Gasteiger partial charge < -0.3 is 10.4 Å². The van der Waals surface area contributed by atoms with Gasteiger partial charge in [-0.05, 0) is 25.8 Å². The molecule has 1 amide bonds. The standard InChI is InChI=1S/C11H19N3O2/c1-4-9-7-10(14(3)13-9)11(16)12-8(2)5-6-15/h7-8,15H,4-6H2,1-3H3,(H,12,16). The Bertz CT molecular complexity index is 360. The first-order valence-electron chi connectivity index (χ1n) is 5.53. The molecule has 1 atom stereocenters. The topological polar surface area (TPSA) is 67.2 Å². The van der Waals surface area contributed by atoms with E-state index in [1.165, 1.54) is 0 Å². The molecule has 1 aromatic rings. The zero-order valence-electron chi connectivity index (χ0n) is 10.0. The highest BCUT2D eigenvalue weighted by atomic mass is 16.3. The zero-order valence-corrected chi connectivity index (χ0v) is 10.0. The quantitative estimate of drug-likeness (QED) is 0.766. The maximum atomic E-state index is 11.8. The van der Waals surface area contributed by atoms with Gasteiger partial charge >= 0.3 is 0 Å². The molecule has 0 bridgehead atoms. The average Bonchev–Trinajstić information content (AvgIpc) is 2.60. The van der Waals surface area contributed by atoms with E-state index in [0.29, 0.717) is 12.1 Å². The molecular weight excluding hydrogens is 206 g/mol. The number of hydrogen-bond donors (Lipinski definition) is 2. The van der Waals surface area contributed by atoms with Gasteiger partial charge in [-0.3, -0.25) is 9.48 Å². The van der Waals surface area contributed by atoms with Crippen molar-refractivity contribution in [2.24, 2.45) is 7.05 Å². The number of amides is 1. The van der Waals surface area contributed by atoms with Crippen LogP contribution in [0.2, 0.25) is 0 Å². The largest absolute Gasteiger partial charge is 0.396 e. The van der Waals surface area contributed by atoms with Crippen molar-refractivity contribution in [1.82, 2.24) is 15.1 Å². The first kappa shape index (κ1) is 12.7. The predicted octanol–water partition coefficient (Wildman–Crippen LogP) is 0.483. The average molecular weight is 225 g/mol. The molecule has 0 aliphatic rings. The van der Waals surface area contributed by atoms with Gasteiger partial charge in [0.05, 0.1) is 5.69 Å².